The van der Waals surface area contributed by atoms with Crippen molar-refractivity contribution in [3.8, 4) is 0 Å². The summed E-state index contributed by atoms with van der Waals surface area (Å²) in [4.78, 5) is 6.11. The summed E-state index contributed by atoms with van der Waals surface area (Å²) in [5.41, 5.74) is -1.66. The number of rotatable bonds is 2. The van der Waals surface area contributed by atoms with Crippen LogP contribution in [0.5, 0.6) is 0 Å². The molecule has 0 atom stereocenters. The van der Waals surface area contributed by atoms with Crippen LogP contribution in [-0.2, 0) is 15.5 Å². The molecular weight excluding hydrogens is 320 g/mol. The molecule has 0 aromatic carbocycles. The van der Waals surface area contributed by atoms with Crippen molar-refractivity contribution in [3.63, 3.8) is 0 Å². The largest absolute Gasteiger partial charge is 0.498 e. The quantitative estimate of drug-likeness (QED) is 0.774. The number of hydrogen-bond donors (Lipinski definition) is 0. The van der Waals surface area contributed by atoms with E-state index in [1.807, 2.05) is 32.6 Å². The van der Waals surface area contributed by atoms with Crippen molar-refractivity contribution in [3.05, 3.63) is 17.8 Å². The van der Waals surface area contributed by atoms with Crippen molar-refractivity contribution in [2.45, 2.75) is 57.9 Å². The second kappa shape index (κ2) is 5.63. The molecule has 4 nitrogen and oxygen atoms in total. The van der Waals surface area contributed by atoms with Crippen LogP contribution >= 0.6 is 0 Å². The SMILES string of the molecule is CC1(C)OB(c2cc(C(F)(F)F)cnc2N2CCCC2)OC1(C)C. The molecule has 1 aromatic rings. The van der Waals surface area contributed by atoms with Crippen LogP contribution in [0.3, 0.4) is 0 Å². The summed E-state index contributed by atoms with van der Waals surface area (Å²) in [5.74, 6) is 0.527. The van der Waals surface area contributed by atoms with Crippen LogP contribution in [0, 0.1) is 0 Å². The van der Waals surface area contributed by atoms with Gasteiger partial charge in [-0.25, -0.2) is 4.98 Å². The van der Waals surface area contributed by atoms with Crippen LogP contribution in [0.15, 0.2) is 12.3 Å². The van der Waals surface area contributed by atoms with E-state index in [0.29, 0.717) is 11.3 Å². The van der Waals surface area contributed by atoms with E-state index >= 15 is 0 Å². The first-order chi connectivity index (χ1) is 11.0. The van der Waals surface area contributed by atoms with Gasteiger partial charge in [0.2, 0.25) is 0 Å². The summed E-state index contributed by atoms with van der Waals surface area (Å²) in [6.45, 7) is 9.08. The lowest BCUT2D eigenvalue weighted by molar-refractivity contribution is -0.137. The highest BCUT2D eigenvalue weighted by molar-refractivity contribution is 6.63. The van der Waals surface area contributed by atoms with Gasteiger partial charge in [-0.05, 0) is 46.6 Å². The fourth-order valence-electron chi connectivity index (χ4n) is 2.97. The molecule has 1 aromatic heterocycles. The Balaban J connectivity index is 2.03. The Hall–Kier alpha value is -1.28. The second-order valence-electron chi connectivity index (χ2n) is 7.42. The van der Waals surface area contributed by atoms with Crippen molar-refractivity contribution in [1.29, 1.82) is 0 Å². The van der Waals surface area contributed by atoms with Gasteiger partial charge in [-0.1, -0.05) is 0 Å². The first-order valence-corrected chi connectivity index (χ1v) is 8.19. The number of anilines is 1. The Morgan fingerprint density at radius 2 is 1.62 bits per heavy atom. The number of halogens is 3. The molecule has 0 aliphatic carbocycles. The van der Waals surface area contributed by atoms with Gasteiger partial charge in [0, 0.05) is 24.7 Å². The van der Waals surface area contributed by atoms with Gasteiger partial charge in [0.1, 0.15) is 5.82 Å². The third kappa shape index (κ3) is 3.01. The topological polar surface area (TPSA) is 34.6 Å². The molecule has 3 rings (SSSR count). The maximum absolute atomic E-state index is 13.1. The molecule has 0 bridgehead atoms. The van der Waals surface area contributed by atoms with E-state index in [-0.39, 0.29) is 0 Å². The smallest absolute Gasteiger partial charge is 0.399 e. The minimum absolute atomic E-state index is 0.352. The summed E-state index contributed by atoms with van der Waals surface area (Å²) in [7, 11) is -0.861. The fraction of sp³-hybridized carbons (Fsp3) is 0.688. The normalized spacial score (nSPS) is 23.1. The third-order valence-electron chi connectivity index (χ3n) is 5.14. The van der Waals surface area contributed by atoms with Crippen LogP contribution in [0.2, 0.25) is 0 Å². The molecule has 132 valence electrons. The average molecular weight is 342 g/mol. The molecule has 2 aliphatic heterocycles. The Morgan fingerprint density at radius 1 is 1.08 bits per heavy atom. The summed E-state index contributed by atoms with van der Waals surface area (Å²) >= 11 is 0. The monoisotopic (exact) mass is 342 g/mol. The Kier molecular flexibility index (Phi) is 4.11. The Bertz CT molecular complexity index is 612. The molecule has 8 heteroatoms. The van der Waals surface area contributed by atoms with E-state index in [4.69, 9.17) is 9.31 Å². The van der Waals surface area contributed by atoms with E-state index < -0.39 is 30.1 Å². The number of hydrogen-bond acceptors (Lipinski definition) is 4. The minimum Gasteiger partial charge on any atom is -0.399 e. The molecule has 24 heavy (non-hydrogen) atoms. The van der Waals surface area contributed by atoms with Gasteiger partial charge >= 0.3 is 13.3 Å². The number of aromatic nitrogens is 1. The molecule has 2 aliphatic rings. The highest BCUT2D eigenvalue weighted by Crippen LogP contribution is 2.38. The lowest BCUT2D eigenvalue weighted by Crippen LogP contribution is -2.41. The summed E-state index contributed by atoms with van der Waals surface area (Å²) in [5, 5.41) is 0. The van der Waals surface area contributed by atoms with Crippen molar-refractivity contribution in [2.75, 3.05) is 18.0 Å². The first-order valence-electron chi connectivity index (χ1n) is 8.19. The van der Waals surface area contributed by atoms with Gasteiger partial charge in [-0.3, -0.25) is 0 Å². The lowest BCUT2D eigenvalue weighted by Gasteiger charge is -2.32. The molecule has 0 saturated carbocycles. The molecule has 2 fully saturated rings. The highest BCUT2D eigenvalue weighted by atomic mass is 19.4. The number of alkyl halides is 3. The van der Waals surface area contributed by atoms with Gasteiger partial charge < -0.3 is 14.2 Å². The Labute approximate surface area is 140 Å². The fourth-order valence-corrected chi connectivity index (χ4v) is 2.97. The lowest BCUT2D eigenvalue weighted by atomic mass is 9.78. The maximum atomic E-state index is 13.1. The number of pyridine rings is 1. The summed E-state index contributed by atoms with van der Waals surface area (Å²) in [6.07, 6.45) is -1.55. The third-order valence-corrected chi connectivity index (χ3v) is 5.14. The van der Waals surface area contributed by atoms with Gasteiger partial charge in [-0.2, -0.15) is 13.2 Å². The summed E-state index contributed by atoms with van der Waals surface area (Å²) < 4.78 is 51.3. The van der Waals surface area contributed by atoms with E-state index in [0.717, 1.165) is 38.2 Å². The Morgan fingerprint density at radius 3 is 2.12 bits per heavy atom. The molecule has 2 saturated heterocycles. The predicted octanol–water partition coefficient (Wildman–Crippen LogP) is 3.00. The zero-order chi connectivity index (χ0) is 17.8. The zero-order valence-electron chi connectivity index (χ0n) is 14.4. The average Bonchev–Trinajstić information content (AvgIpc) is 3.04. The highest BCUT2D eigenvalue weighted by Gasteiger charge is 2.53. The second-order valence-corrected chi connectivity index (χ2v) is 7.42. The van der Waals surface area contributed by atoms with E-state index in [1.165, 1.54) is 0 Å². The molecule has 0 radical (unpaired) electrons. The predicted molar refractivity (Wildman–Crippen MR) is 86.4 cm³/mol. The van der Waals surface area contributed by atoms with Crippen LogP contribution in [0.1, 0.15) is 46.1 Å². The van der Waals surface area contributed by atoms with E-state index in [2.05, 4.69) is 4.98 Å². The van der Waals surface area contributed by atoms with Gasteiger partial charge in [-0.15, -0.1) is 0 Å². The van der Waals surface area contributed by atoms with Crippen molar-refractivity contribution >= 4 is 18.4 Å². The number of nitrogens with zero attached hydrogens (tertiary/aromatic N) is 2. The van der Waals surface area contributed by atoms with Gasteiger partial charge in [0.05, 0.1) is 16.8 Å². The standard InChI is InChI=1S/C16H22BF3N2O2/c1-14(2)15(3,4)24-17(23-14)12-9-11(16(18,19)20)10-21-13(12)22-7-5-6-8-22/h9-10H,5-8H2,1-4H3. The zero-order valence-corrected chi connectivity index (χ0v) is 14.4. The van der Waals surface area contributed by atoms with Crippen LogP contribution in [-0.4, -0.2) is 36.4 Å². The van der Waals surface area contributed by atoms with Crippen molar-refractivity contribution < 1.29 is 22.5 Å². The van der Waals surface area contributed by atoms with Crippen LogP contribution in [0.4, 0.5) is 19.0 Å². The van der Waals surface area contributed by atoms with Crippen LogP contribution < -0.4 is 10.4 Å². The molecule has 0 amide bonds. The maximum Gasteiger partial charge on any atom is 0.498 e. The van der Waals surface area contributed by atoms with Crippen LogP contribution in [0.25, 0.3) is 0 Å². The van der Waals surface area contributed by atoms with Gasteiger partial charge in [0.25, 0.3) is 0 Å². The van der Waals surface area contributed by atoms with E-state index in [1.54, 1.807) is 0 Å². The minimum atomic E-state index is -4.45. The summed E-state index contributed by atoms with van der Waals surface area (Å²) in [6, 6.07) is 1.11. The van der Waals surface area contributed by atoms with Crippen molar-refractivity contribution in [1.82, 2.24) is 4.98 Å². The van der Waals surface area contributed by atoms with E-state index in [9.17, 15) is 13.2 Å². The molecule has 0 N–H and O–H groups in total. The molecule has 3 heterocycles. The molecular formula is C16H22BF3N2O2. The molecule has 0 spiro atoms. The van der Waals surface area contributed by atoms with Gasteiger partial charge in [0.15, 0.2) is 0 Å². The first kappa shape index (κ1) is 17.5. The van der Waals surface area contributed by atoms with Crippen molar-refractivity contribution in [2.24, 2.45) is 0 Å². The molecule has 0 unspecified atom stereocenters.